The van der Waals surface area contributed by atoms with Gasteiger partial charge in [0, 0.05) is 18.3 Å². The van der Waals surface area contributed by atoms with Crippen molar-refractivity contribution < 1.29 is 14.3 Å². The Morgan fingerprint density at radius 3 is 2.78 bits per heavy atom. The second-order valence-corrected chi connectivity index (χ2v) is 7.41. The van der Waals surface area contributed by atoms with Crippen molar-refractivity contribution in [1.29, 1.82) is 0 Å². The lowest BCUT2D eigenvalue weighted by Gasteiger charge is -2.36. The molecular formula is C19H31IN4O3. The Kier molecular flexibility index (Phi) is 9.14. The molecule has 0 radical (unpaired) electrons. The molecule has 0 aromatic heterocycles. The predicted molar refractivity (Wildman–Crippen MR) is 119 cm³/mol. The molecular weight excluding hydrogens is 459 g/mol. The normalized spacial score (nSPS) is 17.7. The zero-order valence-corrected chi connectivity index (χ0v) is 18.9. The van der Waals surface area contributed by atoms with E-state index < -0.39 is 5.60 Å². The van der Waals surface area contributed by atoms with E-state index in [0.29, 0.717) is 19.0 Å². The summed E-state index contributed by atoms with van der Waals surface area (Å²) in [5.41, 5.74) is 6.30. The first kappa shape index (κ1) is 23.3. The Balaban J connectivity index is 0.00000364. The zero-order chi connectivity index (χ0) is 19.2. The molecule has 1 aliphatic rings. The largest absolute Gasteiger partial charge is 0.497 e. The molecule has 3 N–H and O–H groups in total. The van der Waals surface area contributed by atoms with Crippen molar-refractivity contribution in [2.75, 3.05) is 25.5 Å². The van der Waals surface area contributed by atoms with Crippen LogP contribution >= 0.6 is 24.0 Å². The van der Waals surface area contributed by atoms with E-state index in [0.717, 1.165) is 30.7 Å². The number of methoxy groups -OCH3 is 1. The second-order valence-electron chi connectivity index (χ2n) is 7.41. The number of anilines is 1. The fourth-order valence-electron chi connectivity index (χ4n) is 2.84. The molecule has 152 valence electrons. The Bertz CT molecular complexity index is 646. The Morgan fingerprint density at radius 1 is 1.37 bits per heavy atom. The molecule has 2 rings (SSSR count). The number of aliphatic imine (C=N–C) groups is 1. The lowest BCUT2D eigenvalue weighted by atomic mass is 10.0. The molecule has 1 aromatic carbocycles. The highest BCUT2D eigenvalue weighted by Crippen LogP contribution is 2.21. The SMILES string of the molecule is COc1cccc(NC(N)=NCC2CCCCN2C(=O)OC(C)(C)C)c1.I. The molecule has 1 aromatic rings. The number of halogens is 1. The lowest BCUT2D eigenvalue weighted by molar-refractivity contribution is 0.0110. The molecule has 1 aliphatic heterocycles. The number of likely N-dealkylation sites (tertiary alicyclic amines) is 1. The number of benzene rings is 1. The summed E-state index contributed by atoms with van der Waals surface area (Å²) in [5, 5.41) is 3.05. The first-order chi connectivity index (χ1) is 12.3. The van der Waals surface area contributed by atoms with Crippen molar-refractivity contribution in [2.24, 2.45) is 10.7 Å². The maximum absolute atomic E-state index is 12.4. The summed E-state index contributed by atoms with van der Waals surface area (Å²) >= 11 is 0. The van der Waals surface area contributed by atoms with Crippen LogP contribution in [0.25, 0.3) is 0 Å². The molecule has 0 spiro atoms. The minimum atomic E-state index is -0.505. The molecule has 7 nitrogen and oxygen atoms in total. The van der Waals surface area contributed by atoms with Crippen LogP contribution < -0.4 is 15.8 Å². The van der Waals surface area contributed by atoms with Crippen LogP contribution in [0.15, 0.2) is 29.3 Å². The van der Waals surface area contributed by atoms with E-state index in [4.69, 9.17) is 15.2 Å². The van der Waals surface area contributed by atoms with Crippen molar-refractivity contribution in [1.82, 2.24) is 4.90 Å². The standard InChI is InChI=1S/C19H30N4O3.HI/c1-19(2,3)26-18(24)23-11-6-5-9-15(23)13-21-17(20)22-14-8-7-10-16(12-14)25-4;/h7-8,10,12,15H,5-6,9,11,13H2,1-4H3,(H3,20,21,22);1H. The average molecular weight is 490 g/mol. The minimum absolute atomic E-state index is 0. The topological polar surface area (TPSA) is 89.2 Å². The number of amides is 1. The number of nitrogens with two attached hydrogens (primary N) is 1. The zero-order valence-electron chi connectivity index (χ0n) is 16.5. The van der Waals surface area contributed by atoms with Crippen LogP contribution in [0.1, 0.15) is 40.0 Å². The molecule has 1 atom stereocenters. The van der Waals surface area contributed by atoms with Gasteiger partial charge in [-0.05, 0) is 52.2 Å². The van der Waals surface area contributed by atoms with Gasteiger partial charge in [-0.15, -0.1) is 24.0 Å². The fraction of sp³-hybridized carbons (Fsp3) is 0.579. The highest BCUT2D eigenvalue weighted by molar-refractivity contribution is 14.0. The number of ether oxygens (including phenoxy) is 2. The van der Waals surface area contributed by atoms with E-state index in [2.05, 4.69) is 10.3 Å². The van der Waals surface area contributed by atoms with Crippen LogP contribution in [0.2, 0.25) is 0 Å². The van der Waals surface area contributed by atoms with Crippen LogP contribution in [-0.2, 0) is 4.74 Å². The van der Waals surface area contributed by atoms with E-state index in [9.17, 15) is 4.79 Å². The van der Waals surface area contributed by atoms with Crippen molar-refractivity contribution in [3.63, 3.8) is 0 Å². The first-order valence-electron chi connectivity index (χ1n) is 8.99. The maximum atomic E-state index is 12.4. The van der Waals surface area contributed by atoms with Gasteiger partial charge in [-0.3, -0.25) is 4.99 Å². The predicted octanol–water partition coefficient (Wildman–Crippen LogP) is 3.83. The summed E-state index contributed by atoms with van der Waals surface area (Å²) in [4.78, 5) is 18.6. The molecule has 1 fully saturated rings. The van der Waals surface area contributed by atoms with Gasteiger partial charge in [-0.1, -0.05) is 6.07 Å². The van der Waals surface area contributed by atoms with Gasteiger partial charge in [-0.2, -0.15) is 0 Å². The van der Waals surface area contributed by atoms with E-state index >= 15 is 0 Å². The molecule has 0 aliphatic carbocycles. The number of hydrogen-bond acceptors (Lipinski definition) is 4. The van der Waals surface area contributed by atoms with Crippen molar-refractivity contribution in [2.45, 2.75) is 51.7 Å². The van der Waals surface area contributed by atoms with Crippen molar-refractivity contribution in [3.05, 3.63) is 24.3 Å². The van der Waals surface area contributed by atoms with Gasteiger partial charge in [0.05, 0.1) is 19.7 Å². The Labute approximate surface area is 178 Å². The Hall–Kier alpha value is -1.71. The number of hydrogen-bond donors (Lipinski definition) is 2. The second kappa shape index (κ2) is 10.6. The lowest BCUT2D eigenvalue weighted by Crippen LogP contribution is -2.47. The number of guanidine groups is 1. The van der Waals surface area contributed by atoms with Crippen molar-refractivity contribution in [3.8, 4) is 5.75 Å². The molecule has 1 heterocycles. The minimum Gasteiger partial charge on any atom is -0.497 e. The van der Waals surface area contributed by atoms with Gasteiger partial charge < -0.3 is 25.4 Å². The van der Waals surface area contributed by atoms with E-state index in [-0.39, 0.29) is 36.1 Å². The number of piperidine rings is 1. The summed E-state index contributed by atoms with van der Waals surface area (Å²) < 4.78 is 10.7. The van der Waals surface area contributed by atoms with E-state index in [1.807, 2.05) is 45.0 Å². The quantitative estimate of drug-likeness (QED) is 0.381. The average Bonchev–Trinajstić information content (AvgIpc) is 2.59. The molecule has 8 heteroatoms. The van der Waals surface area contributed by atoms with Gasteiger partial charge in [0.15, 0.2) is 5.96 Å². The first-order valence-corrected chi connectivity index (χ1v) is 8.99. The summed E-state index contributed by atoms with van der Waals surface area (Å²) in [5.74, 6) is 1.05. The smallest absolute Gasteiger partial charge is 0.410 e. The summed E-state index contributed by atoms with van der Waals surface area (Å²) in [7, 11) is 1.62. The number of rotatable bonds is 4. The van der Waals surface area contributed by atoms with Crippen LogP contribution in [-0.4, -0.2) is 48.8 Å². The third-order valence-corrected chi connectivity index (χ3v) is 4.07. The van der Waals surface area contributed by atoms with Gasteiger partial charge >= 0.3 is 6.09 Å². The van der Waals surface area contributed by atoms with Crippen LogP contribution in [0, 0.1) is 0 Å². The maximum Gasteiger partial charge on any atom is 0.410 e. The summed E-state index contributed by atoms with van der Waals surface area (Å²) in [6.07, 6.45) is 2.67. The molecule has 1 unspecified atom stereocenters. The van der Waals surface area contributed by atoms with Crippen molar-refractivity contribution >= 4 is 41.7 Å². The van der Waals surface area contributed by atoms with Gasteiger partial charge in [-0.25, -0.2) is 4.79 Å². The van der Waals surface area contributed by atoms with Gasteiger partial charge in [0.1, 0.15) is 11.4 Å². The molecule has 0 saturated carbocycles. The van der Waals surface area contributed by atoms with Crippen LogP contribution in [0.4, 0.5) is 10.5 Å². The number of nitrogens with zero attached hydrogens (tertiary/aromatic N) is 2. The highest BCUT2D eigenvalue weighted by atomic mass is 127. The molecule has 1 amide bonds. The van der Waals surface area contributed by atoms with E-state index in [1.54, 1.807) is 12.0 Å². The molecule has 1 saturated heterocycles. The number of carbonyl (C=O) groups is 1. The third-order valence-electron chi connectivity index (χ3n) is 4.07. The van der Waals surface area contributed by atoms with Crippen LogP contribution in [0.3, 0.4) is 0 Å². The van der Waals surface area contributed by atoms with E-state index in [1.165, 1.54) is 0 Å². The fourth-order valence-corrected chi connectivity index (χ4v) is 2.84. The van der Waals surface area contributed by atoms with Gasteiger partial charge in [0.2, 0.25) is 0 Å². The van der Waals surface area contributed by atoms with Gasteiger partial charge in [0.25, 0.3) is 0 Å². The monoisotopic (exact) mass is 490 g/mol. The highest BCUT2D eigenvalue weighted by Gasteiger charge is 2.30. The van der Waals surface area contributed by atoms with Crippen LogP contribution in [0.5, 0.6) is 5.75 Å². The number of carbonyl (C=O) groups excluding carboxylic acids is 1. The Morgan fingerprint density at radius 2 is 2.11 bits per heavy atom. The molecule has 0 bridgehead atoms. The number of nitrogens with one attached hydrogen (secondary N) is 1. The third kappa shape index (κ3) is 7.82. The summed E-state index contributed by atoms with van der Waals surface area (Å²) in [6.45, 7) is 6.76. The molecule has 27 heavy (non-hydrogen) atoms. The summed E-state index contributed by atoms with van der Waals surface area (Å²) in [6, 6.07) is 7.47.